The average Bonchev–Trinajstić information content (AvgIpc) is 2.02. The number of allylic oxidation sites excluding steroid dienone is 1. The fourth-order valence-corrected chi connectivity index (χ4v) is 0.918. The summed E-state index contributed by atoms with van der Waals surface area (Å²) in [5.74, 6) is -0.646. The Morgan fingerprint density at radius 3 is 2.54 bits per heavy atom. The van der Waals surface area contributed by atoms with E-state index in [2.05, 4.69) is 12.2 Å². The summed E-state index contributed by atoms with van der Waals surface area (Å²) >= 11 is 0. The van der Waals surface area contributed by atoms with Crippen LogP contribution in [0, 0.1) is 0 Å². The predicted molar refractivity (Wildman–Crippen MR) is 52.1 cm³/mol. The van der Waals surface area contributed by atoms with Crippen molar-refractivity contribution < 1.29 is 9.59 Å². The van der Waals surface area contributed by atoms with E-state index in [0.717, 1.165) is 12.8 Å². The second-order valence-electron chi connectivity index (χ2n) is 2.94. The largest absolute Gasteiger partial charge is 0.293 e. The van der Waals surface area contributed by atoms with Crippen molar-refractivity contribution in [3.63, 3.8) is 0 Å². The van der Waals surface area contributed by atoms with Gasteiger partial charge < -0.3 is 0 Å². The molecule has 0 aromatic rings. The van der Waals surface area contributed by atoms with Crippen molar-refractivity contribution in [3.05, 3.63) is 12.2 Å². The quantitative estimate of drug-likeness (QED) is 0.521. The van der Waals surface area contributed by atoms with E-state index in [9.17, 15) is 9.59 Å². The topological polar surface area (TPSA) is 46.2 Å². The first-order valence-corrected chi connectivity index (χ1v) is 4.65. The van der Waals surface area contributed by atoms with Crippen molar-refractivity contribution in [3.8, 4) is 0 Å². The third-order valence-electron chi connectivity index (χ3n) is 1.54. The lowest BCUT2D eigenvalue weighted by atomic mass is 10.2. The van der Waals surface area contributed by atoms with Gasteiger partial charge in [0.25, 0.3) is 0 Å². The predicted octanol–water partition coefficient (Wildman–Crippen LogP) is 1.79. The molecule has 74 valence electrons. The molecule has 3 nitrogen and oxygen atoms in total. The Labute approximate surface area is 79.2 Å². The summed E-state index contributed by atoms with van der Waals surface area (Å²) < 4.78 is 0. The highest BCUT2D eigenvalue weighted by atomic mass is 16.2. The maximum atomic E-state index is 10.9. The molecule has 0 bridgehead atoms. The van der Waals surface area contributed by atoms with E-state index in [1.807, 2.05) is 0 Å². The first-order chi connectivity index (χ1) is 6.16. The second kappa shape index (κ2) is 7.53. The molecule has 13 heavy (non-hydrogen) atoms. The number of carbonyl (C=O) groups excluding carboxylic acids is 2. The van der Waals surface area contributed by atoms with E-state index < -0.39 is 0 Å². The minimum absolute atomic E-state index is 0.316. The molecular weight excluding hydrogens is 166 g/mol. The number of hydrogen-bond donors (Lipinski definition) is 1. The maximum absolute atomic E-state index is 10.9. The summed E-state index contributed by atoms with van der Waals surface area (Å²) in [4.78, 5) is 21.3. The smallest absolute Gasteiger partial charge is 0.250 e. The lowest BCUT2D eigenvalue weighted by molar-refractivity contribution is -0.126. The molecule has 0 rings (SSSR count). The van der Waals surface area contributed by atoms with Crippen LogP contribution in [0.4, 0.5) is 0 Å². The number of nitrogens with one attached hydrogen (secondary N) is 1. The van der Waals surface area contributed by atoms with Crippen LogP contribution in [0.5, 0.6) is 0 Å². The summed E-state index contributed by atoms with van der Waals surface area (Å²) in [6.45, 7) is 3.45. The van der Waals surface area contributed by atoms with E-state index in [1.54, 1.807) is 6.08 Å². The van der Waals surface area contributed by atoms with Gasteiger partial charge in [-0.3, -0.25) is 14.9 Å². The highest BCUT2D eigenvalue weighted by Crippen LogP contribution is 1.98. The molecule has 3 heteroatoms. The molecule has 2 amide bonds. The number of imide groups is 1. The molecule has 0 heterocycles. The fraction of sp³-hybridized carbons (Fsp3) is 0.600. The van der Waals surface area contributed by atoms with Gasteiger partial charge in [0.15, 0.2) is 0 Å². The summed E-state index contributed by atoms with van der Waals surface area (Å²) in [6, 6.07) is 0. The number of unbranched alkanes of at least 4 members (excludes halogenated alkanes) is 3. The van der Waals surface area contributed by atoms with Gasteiger partial charge in [-0.15, -0.1) is 0 Å². The Hall–Kier alpha value is -1.12. The van der Waals surface area contributed by atoms with Crippen molar-refractivity contribution in [2.45, 2.75) is 39.5 Å². The Bertz CT molecular complexity index is 197. The normalized spacial score (nSPS) is 10.3. The summed E-state index contributed by atoms with van der Waals surface area (Å²) in [6.07, 6.45) is 7.57. The average molecular weight is 183 g/mol. The number of rotatable bonds is 5. The molecule has 0 saturated carbocycles. The minimum Gasteiger partial charge on any atom is -0.293 e. The second-order valence-corrected chi connectivity index (χ2v) is 2.94. The molecule has 0 aromatic heterocycles. The third-order valence-corrected chi connectivity index (χ3v) is 1.54. The highest BCUT2D eigenvalue weighted by molar-refractivity contribution is 5.99. The Morgan fingerprint density at radius 1 is 1.31 bits per heavy atom. The van der Waals surface area contributed by atoms with E-state index in [4.69, 9.17) is 0 Å². The van der Waals surface area contributed by atoms with Gasteiger partial charge in [-0.1, -0.05) is 25.8 Å². The third kappa shape index (κ3) is 8.79. The van der Waals surface area contributed by atoms with Gasteiger partial charge in [0.2, 0.25) is 11.8 Å². The lowest BCUT2D eigenvalue weighted by Crippen LogP contribution is -2.25. The highest BCUT2D eigenvalue weighted by Gasteiger charge is 1.95. The summed E-state index contributed by atoms with van der Waals surface area (Å²) in [5.41, 5.74) is 0. The van der Waals surface area contributed by atoms with Gasteiger partial charge in [-0.2, -0.15) is 0 Å². The molecule has 1 N–H and O–H groups in total. The molecule has 0 atom stereocenters. The summed E-state index contributed by atoms with van der Waals surface area (Å²) in [5, 5.41) is 2.17. The van der Waals surface area contributed by atoms with Crippen molar-refractivity contribution in [1.29, 1.82) is 0 Å². The van der Waals surface area contributed by atoms with E-state index in [1.165, 1.54) is 25.8 Å². The van der Waals surface area contributed by atoms with Crippen LogP contribution >= 0.6 is 0 Å². The maximum Gasteiger partial charge on any atom is 0.250 e. The SMILES string of the molecule is CCCCCC=CC(=O)NC(C)=O. The molecule has 0 radical (unpaired) electrons. The standard InChI is InChI=1S/C10H17NO2/c1-3-4-5-6-7-8-10(13)11-9(2)12/h7-8H,3-6H2,1-2H3,(H,11,12,13). The van der Waals surface area contributed by atoms with Crippen LogP contribution < -0.4 is 5.32 Å². The molecule has 0 unspecified atom stereocenters. The van der Waals surface area contributed by atoms with Crippen LogP contribution in [-0.4, -0.2) is 11.8 Å². The van der Waals surface area contributed by atoms with Crippen LogP contribution in [0.15, 0.2) is 12.2 Å². The van der Waals surface area contributed by atoms with Crippen LogP contribution in [-0.2, 0) is 9.59 Å². The molecule has 0 spiro atoms. The van der Waals surface area contributed by atoms with Crippen LogP contribution in [0.3, 0.4) is 0 Å². The van der Waals surface area contributed by atoms with Gasteiger partial charge in [0, 0.05) is 6.92 Å². The number of carbonyl (C=O) groups is 2. The molecule has 0 saturated heterocycles. The van der Waals surface area contributed by atoms with Crippen LogP contribution in [0.1, 0.15) is 39.5 Å². The lowest BCUT2D eigenvalue weighted by Gasteiger charge is -1.94. The van der Waals surface area contributed by atoms with E-state index in [0.29, 0.717) is 0 Å². The molecule has 0 aliphatic heterocycles. The van der Waals surface area contributed by atoms with Crippen molar-refractivity contribution >= 4 is 11.8 Å². The fourth-order valence-electron chi connectivity index (χ4n) is 0.918. The zero-order chi connectivity index (χ0) is 10.1. The van der Waals surface area contributed by atoms with Gasteiger partial charge >= 0.3 is 0 Å². The van der Waals surface area contributed by atoms with Crippen molar-refractivity contribution in [2.75, 3.05) is 0 Å². The van der Waals surface area contributed by atoms with Crippen molar-refractivity contribution in [2.24, 2.45) is 0 Å². The van der Waals surface area contributed by atoms with Crippen LogP contribution in [0.2, 0.25) is 0 Å². The first kappa shape index (κ1) is 11.9. The molecule has 0 aliphatic carbocycles. The molecular formula is C10H17NO2. The number of hydrogen-bond acceptors (Lipinski definition) is 2. The minimum atomic E-state index is -0.330. The monoisotopic (exact) mass is 183 g/mol. The van der Waals surface area contributed by atoms with Gasteiger partial charge in [0.1, 0.15) is 0 Å². The van der Waals surface area contributed by atoms with E-state index >= 15 is 0 Å². The summed E-state index contributed by atoms with van der Waals surface area (Å²) in [7, 11) is 0. The zero-order valence-electron chi connectivity index (χ0n) is 8.30. The van der Waals surface area contributed by atoms with Crippen LogP contribution in [0.25, 0.3) is 0 Å². The van der Waals surface area contributed by atoms with E-state index in [-0.39, 0.29) is 11.8 Å². The molecule has 0 fully saturated rings. The van der Waals surface area contributed by atoms with Gasteiger partial charge in [0.05, 0.1) is 0 Å². The van der Waals surface area contributed by atoms with Crippen molar-refractivity contribution in [1.82, 2.24) is 5.32 Å². The molecule has 0 aromatic carbocycles. The van der Waals surface area contributed by atoms with Gasteiger partial charge in [-0.25, -0.2) is 0 Å². The Morgan fingerprint density at radius 2 is 2.00 bits per heavy atom. The zero-order valence-corrected chi connectivity index (χ0v) is 8.30. The number of amides is 2. The Kier molecular flexibility index (Phi) is 6.88. The van der Waals surface area contributed by atoms with Gasteiger partial charge in [-0.05, 0) is 18.9 Å². The molecule has 0 aliphatic rings. The first-order valence-electron chi connectivity index (χ1n) is 4.65. The Balaban J connectivity index is 3.48.